The van der Waals surface area contributed by atoms with E-state index < -0.39 is 8.07 Å². The first-order valence-electron chi connectivity index (χ1n) is 20.9. The smallest absolute Gasteiger partial charge is 0.179 e. The van der Waals surface area contributed by atoms with Crippen LogP contribution in [0.15, 0.2) is 253 Å². The Morgan fingerprint density at radius 1 is 0.295 bits per heavy atom. The Labute approximate surface area is 357 Å². The number of furan rings is 1. The van der Waals surface area contributed by atoms with Crippen molar-refractivity contribution in [1.82, 2.24) is 0 Å². The van der Waals surface area contributed by atoms with Gasteiger partial charge in [-0.2, -0.15) is 0 Å². The van der Waals surface area contributed by atoms with E-state index >= 15 is 0 Å². The Kier molecular flexibility index (Phi) is 9.22. The van der Waals surface area contributed by atoms with E-state index in [1.807, 2.05) is 6.07 Å². The largest absolute Gasteiger partial charge is 0.455 e. The van der Waals surface area contributed by atoms with Crippen LogP contribution in [-0.2, 0) is 0 Å². The zero-order valence-electron chi connectivity index (χ0n) is 33.5. The van der Waals surface area contributed by atoms with Gasteiger partial charge in [0.1, 0.15) is 11.2 Å². The molecule has 0 fully saturated rings. The third kappa shape index (κ3) is 6.44. The molecule has 0 amide bonds. The summed E-state index contributed by atoms with van der Waals surface area (Å²) in [5, 5.41) is 9.83. The van der Waals surface area contributed by atoms with Gasteiger partial charge in [-0.25, -0.2) is 0 Å². The fraction of sp³-hybridized carbons (Fsp3) is 0. The van der Waals surface area contributed by atoms with Crippen molar-refractivity contribution in [3.05, 3.63) is 249 Å². The SMILES string of the molecule is c1ccc(-c2ccc(-c3ccc(N(c4cccc([Si](c5ccccc5)(c5ccccc5)c5ccccc5)c4)c4ccc5ccc6c7ccccc7oc6c5c4)cc3)cc2)cc1. The van der Waals surface area contributed by atoms with Gasteiger partial charge < -0.3 is 9.32 Å². The van der Waals surface area contributed by atoms with E-state index in [0.29, 0.717) is 0 Å². The van der Waals surface area contributed by atoms with Gasteiger partial charge in [0.2, 0.25) is 0 Å². The quantitative estimate of drug-likeness (QED) is 0.107. The van der Waals surface area contributed by atoms with E-state index in [-0.39, 0.29) is 0 Å². The maximum Gasteiger partial charge on any atom is 0.179 e. The highest BCUT2D eigenvalue weighted by atomic mass is 28.3. The Morgan fingerprint density at radius 2 is 0.754 bits per heavy atom. The summed E-state index contributed by atoms with van der Waals surface area (Å²) in [6.45, 7) is 0. The van der Waals surface area contributed by atoms with E-state index in [4.69, 9.17) is 4.42 Å². The molecule has 0 spiro atoms. The first-order chi connectivity index (χ1) is 30.2. The lowest BCUT2D eigenvalue weighted by molar-refractivity contribution is 0.672. The molecule has 61 heavy (non-hydrogen) atoms. The molecule has 1 heterocycles. The van der Waals surface area contributed by atoms with E-state index in [1.165, 1.54) is 43.0 Å². The molecule has 0 radical (unpaired) electrons. The molecule has 11 rings (SSSR count). The average molecular weight is 796 g/mol. The average Bonchev–Trinajstić information content (AvgIpc) is 3.73. The highest BCUT2D eigenvalue weighted by Crippen LogP contribution is 2.40. The summed E-state index contributed by atoms with van der Waals surface area (Å²) in [7, 11) is -2.80. The molecule has 288 valence electrons. The summed E-state index contributed by atoms with van der Waals surface area (Å²) in [5.74, 6) is 0. The summed E-state index contributed by atoms with van der Waals surface area (Å²) < 4.78 is 6.61. The van der Waals surface area contributed by atoms with Crippen LogP contribution in [0, 0.1) is 0 Å². The molecule has 10 aromatic carbocycles. The minimum atomic E-state index is -2.80. The summed E-state index contributed by atoms with van der Waals surface area (Å²) in [6.07, 6.45) is 0. The zero-order valence-corrected chi connectivity index (χ0v) is 34.5. The number of nitrogens with zero attached hydrogens (tertiary/aromatic N) is 1. The molecule has 0 aliphatic heterocycles. The molecule has 0 N–H and O–H groups in total. The molecule has 0 atom stereocenters. The predicted octanol–water partition coefficient (Wildman–Crippen LogP) is 12.9. The molecule has 0 aliphatic carbocycles. The van der Waals surface area contributed by atoms with Crippen molar-refractivity contribution in [3.8, 4) is 22.3 Å². The van der Waals surface area contributed by atoms with Crippen molar-refractivity contribution in [2.24, 2.45) is 0 Å². The normalized spacial score (nSPS) is 11.6. The van der Waals surface area contributed by atoms with Gasteiger partial charge in [0.15, 0.2) is 8.07 Å². The van der Waals surface area contributed by atoms with Gasteiger partial charge in [-0.15, -0.1) is 0 Å². The van der Waals surface area contributed by atoms with Gasteiger partial charge in [0.25, 0.3) is 0 Å². The maximum absolute atomic E-state index is 6.61. The first kappa shape index (κ1) is 36.4. The molecule has 3 heteroatoms. The lowest BCUT2D eigenvalue weighted by Crippen LogP contribution is -2.74. The van der Waals surface area contributed by atoms with Crippen LogP contribution in [0.2, 0.25) is 0 Å². The summed E-state index contributed by atoms with van der Waals surface area (Å²) in [6, 6.07) is 90.7. The molecule has 2 nitrogen and oxygen atoms in total. The highest BCUT2D eigenvalue weighted by molar-refractivity contribution is 7.19. The maximum atomic E-state index is 6.61. The molecule has 0 saturated carbocycles. The molecular formula is C58H41NOSi. The lowest BCUT2D eigenvalue weighted by atomic mass is 10.00. The molecule has 0 bridgehead atoms. The van der Waals surface area contributed by atoms with Crippen LogP contribution in [0.1, 0.15) is 0 Å². The second-order valence-electron chi connectivity index (χ2n) is 15.7. The topological polar surface area (TPSA) is 16.4 Å². The summed E-state index contributed by atoms with van der Waals surface area (Å²) >= 11 is 0. The lowest BCUT2D eigenvalue weighted by Gasteiger charge is -2.35. The van der Waals surface area contributed by atoms with Gasteiger partial charge in [0, 0.05) is 33.2 Å². The minimum absolute atomic E-state index is 0.899. The van der Waals surface area contributed by atoms with Crippen molar-refractivity contribution >= 4 is 78.6 Å². The first-order valence-corrected chi connectivity index (χ1v) is 22.9. The van der Waals surface area contributed by atoms with Gasteiger partial charge in [-0.1, -0.05) is 200 Å². The molecule has 0 aliphatic rings. The van der Waals surface area contributed by atoms with Gasteiger partial charge >= 0.3 is 0 Å². The van der Waals surface area contributed by atoms with Crippen molar-refractivity contribution in [2.75, 3.05) is 4.90 Å². The van der Waals surface area contributed by atoms with Crippen LogP contribution >= 0.6 is 0 Å². The van der Waals surface area contributed by atoms with E-state index in [0.717, 1.165) is 49.8 Å². The third-order valence-corrected chi connectivity index (χ3v) is 17.0. The molecule has 0 unspecified atom stereocenters. The van der Waals surface area contributed by atoms with Gasteiger partial charge in [-0.05, 0) is 96.9 Å². The van der Waals surface area contributed by atoms with Crippen molar-refractivity contribution in [2.45, 2.75) is 0 Å². The number of fused-ring (bicyclic) bond motifs is 5. The van der Waals surface area contributed by atoms with Gasteiger partial charge in [0.05, 0.1) is 0 Å². The highest BCUT2D eigenvalue weighted by Gasteiger charge is 2.41. The second-order valence-corrected chi connectivity index (χ2v) is 19.5. The Hall–Kier alpha value is -7.72. The standard InChI is InChI=1S/C58H41NOSi/c1-5-16-42(17-6-1)43-28-30-44(31-29-43)45-32-36-47(37-33-45)59(49-38-34-46-35-39-55-54-26-13-14-27-57(54)60-58(55)56(46)41-49)48-18-15-25-53(40-48)61(50-19-7-2-8-20-50,51-21-9-3-10-22-51)52-23-11-4-12-24-52/h1-41H. The summed E-state index contributed by atoms with van der Waals surface area (Å²) in [4.78, 5) is 2.41. The van der Waals surface area contributed by atoms with Crippen LogP contribution in [-0.4, -0.2) is 8.07 Å². The van der Waals surface area contributed by atoms with Gasteiger partial charge in [-0.3, -0.25) is 0 Å². The van der Waals surface area contributed by atoms with Crippen LogP contribution < -0.4 is 25.6 Å². The predicted molar refractivity (Wildman–Crippen MR) is 260 cm³/mol. The van der Waals surface area contributed by atoms with E-state index in [1.54, 1.807) is 0 Å². The van der Waals surface area contributed by atoms with E-state index in [2.05, 4.69) is 248 Å². The fourth-order valence-corrected chi connectivity index (χ4v) is 14.1. The molecule has 11 aromatic rings. The number of rotatable bonds is 9. The Balaban J connectivity index is 1.10. The Morgan fingerprint density at radius 3 is 1.36 bits per heavy atom. The molecular weight excluding hydrogens is 755 g/mol. The number of anilines is 3. The van der Waals surface area contributed by atoms with E-state index in [9.17, 15) is 0 Å². The monoisotopic (exact) mass is 795 g/mol. The number of para-hydroxylation sites is 1. The van der Waals surface area contributed by atoms with Crippen LogP contribution in [0.4, 0.5) is 17.1 Å². The number of hydrogen-bond acceptors (Lipinski definition) is 2. The van der Waals surface area contributed by atoms with Crippen LogP contribution in [0.5, 0.6) is 0 Å². The third-order valence-electron chi connectivity index (χ3n) is 12.2. The molecule has 1 aromatic heterocycles. The Bertz CT molecular complexity index is 3170. The summed E-state index contributed by atoms with van der Waals surface area (Å²) in [5.41, 5.74) is 9.81. The molecule has 0 saturated heterocycles. The van der Waals surface area contributed by atoms with Crippen LogP contribution in [0.3, 0.4) is 0 Å². The van der Waals surface area contributed by atoms with Crippen molar-refractivity contribution < 1.29 is 4.42 Å². The van der Waals surface area contributed by atoms with Crippen LogP contribution in [0.25, 0.3) is 55.0 Å². The van der Waals surface area contributed by atoms with Crippen molar-refractivity contribution in [3.63, 3.8) is 0 Å². The minimum Gasteiger partial charge on any atom is -0.455 e. The number of hydrogen-bond donors (Lipinski definition) is 0. The second kappa shape index (κ2) is 15.5. The fourth-order valence-electron chi connectivity index (χ4n) is 9.31. The van der Waals surface area contributed by atoms with Crippen molar-refractivity contribution in [1.29, 1.82) is 0 Å². The number of benzene rings is 10. The zero-order chi connectivity index (χ0) is 40.6.